The molecule has 3 rings (SSSR count). The highest BCUT2D eigenvalue weighted by atomic mass is 31.2. The molecule has 0 aliphatic rings. The summed E-state index contributed by atoms with van der Waals surface area (Å²) in [5, 5.41) is 4.40. The Bertz CT molecular complexity index is 708. The molecular formula is C25H28P+. The maximum atomic E-state index is 2.37. The number of benzene rings is 3. The molecular weight excluding hydrogens is 331 g/mol. The van der Waals surface area contributed by atoms with Crippen LogP contribution in [0.15, 0.2) is 103 Å². The van der Waals surface area contributed by atoms with Gasteiger partial charge in [-0.1, -0.05) is 80.6 Å². The van der Waals surface area contributed by atoms with E-state index in [1.165, 1.54) is 15.9 Å². The van der Waals surface area contributed by atoms with Crippen molar-refractivity contribution < 1.29 is 0 Å². The molecule has 0 atom stereocenters. The van der Waals surface area contributed by atoms with Crippen LogP contribution in [0.1, 0.15) is 20.3 Å². The molecule has 0 saturated heterocycles. The average Bonchev–Trinajstić information content (AvgIpc) is 2.70. The standard InChI is InChI=1S/C25H28P/c1-22(2)14-12-13-21-26(23-15-6-3-7-16-23,24-17-8-4-9-18-24)25-19-10-5-11-20-25/h3-12,14-20,22H,13,21H2,1-2H3/q+1/b14-12-. The van der Waals surface area contributed by atoms with Crippen LogP contribution >= 0.6 is 7.26 Å². The van der Waals surface area contributed by atoms with Crippen molar-refractivity contribution in [2.24, 2.45) is 5.92 Å². The van der Waals surface area contributed by atoms with E-state index in [9.17, 15) is 0 Å². The molecule has 0 aliphatic carbocycles. The molecule has 1 heteroatoms. The van der Waals surface area contributed by atoms with E-state index < -0.39 is 7.26 Å². The predicted octanol–water partition coefficient (Wildman–Crippen LogP) is 5.58. The molecule has 0 heterocycles. The molecule has 0 radical (unpaired) electrons. The first-order chi connectivity index (χ1) is 12.7. The van der Waals surface area contributed by atoms with Crippen molar-refractivity contribution in [3.8, 4) is 0 Å². The topological polar surface area (TPSA) is 0 Å². The summed E-state index contributed by atoms with van der Waals surface area (Å²) in [6.45, 7) is 4.48. The smallest absolute Gasteiger partial charge is 0.0858 e. The van der Waals surface area contributed by atoms with Crippen molar-refractivity contribution >= 4 is 23.2 Å². The molecule has 0 nitrogen and oxygen atoms in total. The van der Waals surface area contributed by atoms with Crippen LogP contribution in [0.25, 0.3) is 0 Å². The molecule has 0 unspecified atom stereocenters. The molecule has 0 amide bonds. The van der Waals surface area contributed by atoms with Gasteiger partial charge in [-0.15, -0.1) is 0 Å². The van der Waals surface area contributed by atoms with E-state index in [4.69, 9.17) is 0 Å². The number of hydrogen-bond donors (Lipinski definition) is 0. The molecule has 0 saturated carbocycles. The molecule has 26 heavy (non-hydrogen) atoms. The maximum absolute atomic E-state index is 2.37. The van der Waals surface area contributed by atoms with Crippen molar-refractivity contribution in [3.05, 3.63) is 103 Å². The lowest BCUT2D eigenvalue weighted by atomic mass is 10.2. The third kappa shape index (κ3) is 4.14. The molecule has 3 aromatic carbocycles. The zero-order valence-corrected chi connectivity index (χ0v) is 16.6. The van der Waals surface area contributed by atoms with Crippen LogP contribution < -0.4 is 15.9 Å². The van der Waals surface area contributed by atoms with Gasteiger partial charge in [0.05, 0.1) is 6.16 Å². The molecule has 3 aromatic rings. The van der Waals surface area contributed by atoms with Crippen molar-refractivity contribution in [1.29, 1.82) is 0 Å². The Balaban J connectivity index is 2.15. The third-order valence-corrected chi connectivity index (χ3v) is 9.21. The summed E-state index contributed by atoms with van der Waals surface area (Å²) >= 11 is 0. The summed E-state index contributed by atoms with van der Waals surface area (Å²) in [7, 11) is -1.66. The van der Waals surface area contributed by atoms with E-state index in [-0.39, 0.29) is 0 Å². The lowest BCUT2D eigenvalue weighted by Gasteiger charge is -2.27. The molecule has 132 valence electrons. The first-order valence-corrected chi connectivity index (χ1v) is 11.4. The van der Waals surface area contributed by atoms with Crippen molar-refractivity contribution in [1.82, 2.24) is 0 Å². The van der Waals surface area contributed by atoms with Crippen LogP contribution in [0, 0.1) is 5.92 Å². The first kappa shape index (κ1) is 18.6. The van der Waals surface area contributed by atoms with Crippen molar-refractivity contribution in [3.63, 3.8) is 0 Å². The first-order valence-electron chi connectivity index (χ1n) is 9.45. The zero-order valence-electron chi connectivity index (χ0n) is 15.8. The second-order valence-electron chi connectivity index (χ2n) is 7.00. The number of hydrogen-bond acceptors (Lipinski definition) is 0. The summed E-state index contributed by atoms with van der Waals surface area (Å²) < 4.78 is 0. The lowest BCUT2D eigenvalue weighted by molar-refractivity contribution is 0.826. The second kappa shape index (κ2) is 8.97. The van der Waals surface area contributed by atoms with Gasteiger partial charge in [-0.05, 0) is 42.3 Å². The van der Waals surface area contributed by atoms with E-state index in [0.29, 0.717) is 5.92 Å². The quantitative estimate of drug-likeness (QED) is 0.381. The van der Waals surface area contributed by atoms with E-state index in [0.717, 1.165) is 12.6 Å². The highest BCUT2D eigenvalue weighted by molar-refractivity contribution is 7.95. The monoisotopic (exact) mass is 359 g/mol. The van der Waals surface area contributed by atoms with Gasteiger partial charge in [-0.2, -0.15) is 0 Å². The number of rotatable bonds is 7. The highest BCUT2D eigenvalue weighted by Gasteiger charge is 2.44. The predicted molar refractivity (Wildman–Crippen MR) is 119 cm³/mol. The van der Waals surface area contributed by atoms with E-state index in [1.54, 1.807) is 0 Å². The fourth-order valence-corrected chi connectivity index (χ4v) is 7.77. The van der Waals surface area contributed by atoms with Crippen LogP contribution in [0.5, 0.6) is 0 Å². The lowest BCUT2D eigenvalue weighted by Crippen LogP contribution is -2.33. The minimum absolute atomic E-state index is 0.605. The fraction of sp³-hybridized carbons (Fsp3) is 0.200. The Labute approximate surface area is 158 Å². The summed E-state index contributed by atoms with van der Waals surface area (Å²) in [6, 6.07) is 33.4. The van der Waals surface area contributed by atoms with Gasteiger partial charge in [0.15, 0.2) is 0 Å². The number of allylic oxidation sites excluding steroid dienone is 2. The Kier molecular flexibility index (Phi) is 6.42. The Morgan fingerprint density at radius 3 is 1.38 bits per heavy atom. The Hall–Kier alpha value is -2.17. The molecule has 0 N–H and O–H groups in total. The van der Waals surface area contributed by atoms with E-state index >= 15 is 0 Å². The van der Waals surface area contributed by atoms with Crippen LogP contribution in [-0.2, 0) is 0 Å². The normalized spacial score (nSPS) is 12.0. The average molecular weight is 359 g/mol. The zero-order chi connectivity index (χ0) is 18.2. The summed E-state index contributed by atoms with van der Waals surface area (Å²) in [6.07, 6.45) is 6.96. The van der Waals surface area contributed by atoms with E-state index in [2.05, 4.69) is 117 Å². The highest BCUT2D eigenvalue weighted by Crippen LogP contribution is 2.55. The van der Waals surface area contributed by atoms with Crippen molar-refractivity contribution in [2.45, 2.75) is 20.3 Å². The van der Waals surface area contributed by atoms with Crippen LogP contribution in [0.2, 0.25) is 0 Å². The van der Waals surface area contributed by atoms with Gasteiger partial charge in [0.2, 0.25) is 0 Å². The van der Waals surface area contributed by atoms with Crippen LogP contribution in [0.3, 0.4) is 0 Å². The minimum atomic E-state index is -1.66. The van der Waals surface area contributed by atoms with Gasteiger partial charge < -0.3 is 0 Å². The van der Waals surface area contributed by atoms with Crippen LogP contribution in [-0.4, -0.2) is 6.16 Å². The summed E-state index contributed by atoms with van der Waals surface area (Å²) in [5.74, 6) is 0.605. The van der Waals surface area contributed by atoms with Gasteiger partial charge in [-0.25, -0.2) is 0 Å². The van der Waals surface area contributed by atoms with Gasteiger partial charge in [0, 0.05) is 6.42 Å². The molecule has 0 fully saturated rings. The summed E-state index contributed by atoms with van der Waals surface area (Å²) in [5.41, 5.74) is 0. The molecule has 0 aliphatic heterocycles. The molecule has 0 aromatic heterocycles. The molecule has 0 spiro atoms. The molecule has 0 bridgehead atoms. The Morgan fingerprint density at radius 2 is 1.04 bits per heavy atom. The SMILES string of the molecule is CC(C)/C=C\CC[P+](c1ccccc1)(c1ccccc1)c1ccccc1. The van der Waals surface area contributed by atoms with Gasteiger partial charge in [0.1, 0.15) is 23.2 Å². The minimum Gasteiger partial charge on any atom is -0.0858 e. The maximum Gasteiger partial charge on any atom is 0.112 e. The Morgan fingerprint density at radius 1 is 0.654 bits per heavy atom. The second-order valence-corrected chi connectivity index (χ2v) is 10.6. The van der Waals surface area contributed by atoms with Gasteiger partial charge in [0.25, 0.3) is 0 Å². The third-order valence-electron chi connectivity index (χ3n) is 4.74. The van der Waals surface area contributed by atoms with E-state index in [1.807, 2.05) is 0 Å². The van der Waals surface area contributed by atoms with Gasteiger partial charge >= 0.3 is 0 Å². The van der Waals surface area contributed by atoms with Crippen LogP contribution in [0.4, 0.5) is 0 Å². The largest absolute Gasteiger partial charge is 0.112 e. The fourth-order valence-electron chi connectivity index (χ4n) is 3.52. The van der Waals surface area contributed by atoms with Gasteiger partial charge in [-0.3, -0.25) is 0 Å². The van der Waals surface area contributed by atoms with Crippen molar-refractivity contribution in [2.75, 3.05) is 6.16 Å². The summed E-state index contributed by atoms with van der Waals surface area (Å²) in [4.78, 5) is 0.